The summed E-state index contributed by atoms with van der Waals surface area (Å²) < 4.78 is 5.07. The molecule has 1 rings (SSSR count). The van der Waals surface area contributed by atoms with Crippen molar-refractivity contribution in [2.24, 2.45) is 0 Å². The number of hydrogen-bond donors (Lipinski definition) is 1. The molecule has 1 heterocycles. The van der Waals surface area contributed by atoms with E-state index in [1.165, 1.54) is 0 Å². The zero-order valence-corrected chi connectivity index (χ0v) is 8.34. The zero-order chi connectivity index (χ0) is 9.52. The van der Waals surface area contributed by atoms with Gasteiger partial charge in [-0.15, -0.1) is 0 Å². The van der Waals surface area contributed by atoms with Crippen molar-refractivity contribution >= 4 is 0 Å². The summed E-state index contributed by atoms with van der Waals surface area (Å²) in [5.41, 5.74) is 0. The van der Waals surface area contributed by atoms with Crippen LogP contribution in [0.3, 0.4) is 0 Å². The molecule has 4 heteroatoms. The number of hydrogen-bond acceptors (Lipinski definition) is 4. The Morgan fingerprint density at radius 1 is 1.38 bits per heavy atom. The lowest BCUT2D eigenvalue weighted by Crippen LogP contribution is -2.08. The van der Waals surface area contributed by atoms with Gasteiger partial charge in [-0.1, -0.05) is 12.1 Å². The minimum absolute atomic E-state index is 0.763. The lowest BCUT2D eigenvalue weighted by molar-refractivity contribution is 0.370. The van der Waals surface area contributed by atoms with Crippen LogP contribution in [0.15, 0.2) is 4.52 Å². The topological polar surface area (TPSA) is 51.0 Å². The van der Waals surface area contributed by atoms with Crippen LogP contribution in [0.25, 0.3) is 0 Å². The molecule has 0 atom stereocenters. The fourth-order valence-corrected chi connectivity index (χ4v) is 1.13. The molecule has 0 radical (unpaired) electrons. The largest absolute Gasteiger partial charge is 0.339 e. The third-order valence-corrected chi connectivity index (χ3v) is 1.80. The van der Waals surface area contributed by atoms with Crippen LogP contribution in [0.4, 0.5) is 0 Å². The first-order valence-corrected chi connectivity index (χ1v) is 4.83. The minimum atomic E-state index is 0.763. The summed E-state index contributed by atoms with van der Waals surface area (Å²) in [6, 6.07) is 0. The third-order valence-electron chi connectivity index (χ3n) is 1.80. The molecule has 1 N–H and O–H groups in total. The summed E-state index contributed by atoms with van der Waals surface area (Å²) in [6.07, 6.45) is 3.90. The fraction of sp³-hybridized carbons (Fsp3) is 0.778. The van der Waals surface area contributed by atoms with Crippen molar-refractivity contribution in [1.29, 1.82) is 0 Å². The third kappa shape index (κ3) is 3.55. The van der Waals surface area contributed by atoms with E-state index in [0.717, 1.165) is 43.9 Å². The van der Waals surface area contributed by atoms with Gasteiger partial charge in [0.05, 0.1) is 0 Å². The van der Waals surface area contributed by atoms with Gasteiger partial charge in [0.1, 0.15) is 0 Å². The molecule has 0 aliphatic rings. The predicted octanol–water partition coefficient (Wildman–Crippen LogP) is 1.17. The second-order valence-corrected chi connectivity index (χ2v) is 3.06. The first-order chi connectivity index (χ1) is 6.36. The Morgan fingerprint density at radius 3 is 2.92 bits per heavy atom. The first-order valence-electron chi connectivity index (χ1n) is 4.83. The van der Waals surface area contributed by atoms with E-state index in [2.05, 4.69) is 22.4 Å². The lowest BCUT2D eigenvalue weighted by atomic mass is 10.3. The molecule has 0 fully saturated rings. The van der Waals surface area contributed by atoms with Gasteiger partial charge in [-0.05, 0) is 26.4 Å². The highest BCUT2D eigenvalue weighted by atomic mass is 16.5. The Kier molecular flexibility index (Phi) is 4.46. The van der Waals surface area contributed by atoms with Crippen molar-refractivity contribution in [2.75, 3.05) is 13.6 Å². The second-order valence-electron chi connectivity index (χ2n) is 3.06. The Labute approximate surface area is 78.7 Å². The molecule has 0 unspecified atom stereocenters. The molecule has 0 spiro atoms. The van der Waals surface area contributed by atoms with Crippen LogP contribution >= 0.6 is 0 Å². The molecule has 0 saturated heterocycles. The molecule has 0 aromatic carbocycles. The number of nitrogens with one attached hydrogen (secondary N) is 1. The molecule has 1 aromatic rings. The molecule has 4 nitrogen and oxygen atoms in total. The molecule has 0 amide bonds. The maximum Gasteiger partial charge on any atom is 0.226 e. The summed E-state index contributed by atoms with van der Waals surface area (Å²) in [4.78, 5) is 4.27. The molecule has 0 bridgehead atoms. The monoisotopic (exact) mass is 183 g/mol. The molecule has 0 aliphatic heterocycles. The van der Waals surface area contributed by atoms with Crippen molar-refractivity contribution in [1.82, 2.24) is 15.5 Å². The molecule has 0 aliphatic carbocycles. The number of nitrogens with zero attached hydrogens (tertiary/aromatic N) is 2. The SMILES string of the molecule is CCCc1noc(CCCNC)n1. The normalized spacial score (nSPS) is 10.6. The lowest BCUT2D eigenvalue weighted by Gasteiger charge is -1.93. The molecule has 74 valence electrons. The summed E-state index contributed by atoms with van der Waals surface area (Å²) in [7, 11) is 1.94. The van der Waals surface area contributed by atoms with E-state index in [-0.39, 0.29) is 0 Å². The van der Waals surface area contributed by atoms with Gasteiger partial charge in [-0.2, -0.15) is 4.98 Å². The quantitative estimate of drug-likeness (QED) is 0.673. The zero-order valence-electron chi connectivity index (χ0n) is 8.34. The summed E-state index contributed by atoms with van der Waals surface area (Å²) >= 11 is 0. The van der Waals surface area contributed by atoms with Gasteiger partial charge in [0.15, 0.2) is 5.82 Å². The Balaban J connectivity index is 2.31. The van der Waals surface area contributed by atoms with Crippen LogP contribution in [0, 0.1) is 0 Å². The van der Waals surface area contributed by atoms with Crippen molar-refractivity contribution in [3.63, 3.8) is 0 Å². The van der Waals surface area contributed by atoms with E-state index in [4.69, 9.17) is 4.52 Å². The predicted molar refractivity (Wildman–Crippen MR) is 50.5 cm³/mol. The van der Waals surface area contributed by atoms with E-state index in [1.807, 2.05) is 7.05 Å². The van der Waals surface area contributed by atoms with E-state index in [0.29, 0.717) is 0 Å². The van der Waals surface area contributed by atoms with Crippen LogP contribution in [0.5, 0.6) is 0 Å². The van der Waals surface area contributed by atoms with E-state index in [9.17, 15) is 0 Å². The number of aryl methyl sites for hydroxylation is 2. The van der Waals surface area contributed by atoms with E-state index in [1.54, 1.807) is 0 Å². The average Bonchev–Trinajstić information content (AvgIpc) is 2.54. The van der Waals surface area contributed by atoms with Gasteiger partial charge in [0, 0.05) is 12.8 Å². The van der Waals surface area contributed by atoms with Crippen LogP contribution in [-0.2, 0) is 12.8 Å². The molecule has 1 aromatic heterocycles. The Hall–Kier alpha value is -0.900. The Morgan fingerprint density at radius 2 is 2.23 bits per heavy atom. The summed E-state index contributed by atoms with van der Waals surface area (Å²) in [6.45, 7) is 3.10. The summed E-state index contributed by atoms with van der Waals surface area (Å²) in [5, 5.41) is 6.96. The highest BCUT2D eigenvalue weighted by Gasteiger charge is 2.03. The average molecular weight is 183 g/mol. The van der Waals surface area contributed by atoms with Crippen LogP contribution in [0.2, 0.25) is 0 Å². The first kappa shape index (κ1) is 10.2. The maximum absolute atomic E-state index is 5.07. The maximum atomic E-state index is 5.07. The number of rotatable bonds is 6. The second kappa shape index (κ2) is 5.70. The van der Waals surface area contributed by atoms with Crippen molar-refractivity contribution in [3.05, 3.63) is 11.7 Å². The minimum Gasteiger partial charge on any atom is -0.339 e. The molecule has 0 saturated carbocycles. The van der Waals surface area contributed by atoms with Gasteiger partial charge in [0.2, 0.25) is 5.89 Å². The van der Waals surface area contributed by atoms with E-state index >= 15 is 0 Å². The smallest absolute Gasteiger partial charge is 0.226 e. The molecular weight excluding hydrogens is 166 g/mol. The van der Waals surface area contributed by atoms with Crippen LogP contribution in [0.1, 0.15) is 31.5 Å². The highest BCUT2D eigenvalue weighted by Crippen LogP contribution is 2.02. The highest BCUT2D eigenvalue weighted by molar-refractivity contribution is 4.86. The van der Waals surface area contributed by atoms with Crippen molar-refractivity contribution in [2.45, 2.75) is 32.6 Å². The Bertz CT molecular complexity index is 235. The van der Waals surface area contributed by atoms with E-state index < -0.39 is 0 Å². The fourth-order valence-electron chi connectivity index (χ4n) is 1.13. The van der Waals surface area contributed by atoms with Crippen LogP contribution in [-0.4, -0.2) is 23.7 Å². The standard InChI is InChI=1S/C9H17N3O/c1-3-5-8-11-9(13-12-8)6-4-7-10-2/h10H,3-7H2,1-2H3. The van der Waals surface area contributed by atoms with Gasteiger partial charge in [-0.3, -0.25) is 0 Å². The van der Waals surface area contributed by atoms with Crippen molar-refractivity contribution < 1.29 is 4.52 Å². The van der Waals surface area contributed by atoms with Crippen molar-refractivity contribution in [3.8, 4) is 0 Å². The number of aromatic nitrogens is 2. The van der Waals surface area contributed by atoms with Gasteiger partial charge < -0.3 is 9.84 Å². The van der Waals surface area contributed by atoms with Gasteiger partial charge in [0.25, 0.3) is 0 Å². The summed E-state index contributed by atoms with van der Waals surface area (Å²) in [5.74, 6) is 1.60. The van der Waals surface area contributed by atoms with Gasteiger partial charge in [-0.25, -0.2) is 0 Å². The van der Waals surface area contributed by atoms with Crippen LogP contribution < -0.4 is 5.32 Å². The molecule has 13 heavy (non-hydrogen) atoms. The van der Waals surface area contributed by atoms with Gasteiger partial charge >= 0.3 is 0 Å². The molecular formula is C9H17N3O.